The second-order valence-electron chi connectivity index (χ2n) is 7.30. The summed E-state index contributed by atoms with van der Waals surface area (Å²) in [6.07, 6.45) is 2.30. The number of hydrogen-bond donors (Lipinski definition) is 2. The van der Waals surface area contributed by atoms with Crippen LogP contribution >= 0.6 is 11.3 Å². The summed E-state index contributed by atoms with van der Waals surface area (Å²) in [5.74, 6) is 1.02. The molecule has 0 spiro atoms. The average molecular weight is 414 g/mol. The Labute approximate surface area is 177 Å². The van der Waals surface area contributed by atoms with Crippen molar-refractivity contribution >= 4 is 23.2 Å². The van der Waals surface area contributed by atoms with E-state index in [1.807, 2.05) is 24.8 Å². The summed E-state index contributed by atoms with van der Waals surface area (Å²) in [7, 11) is 0. The van der Waals surface area contributed by atoms with E-state index in [1.165, 1.54) is 16.0 Å². The Morgan fingerprint density at radius 2 is 2.03 bits per heavy atom. The Bertz CT molecular complexity index is 861. The van der Waals surface area contributed by atoms with Gasteiger partial charge in [-0.2, -0.15) is 0 Å². The Hall–Kier alpha value is -2.41. The highest BCUT2D eigenvalue weighted by Crippen LogP contribution is 2.19. The molecule has 156 valence electrons. The topological polar surface area (TPSA) is 69.6 Å². The third-order valence-corrected chi connectivity index (χ3v) is 6.13. The van der Waals surface area contributed by atoms with Gasteiger partial charge in [0.1, 0.15) is 0 Å². The number of hydrogen-bond acceptors (Lipinski definition) is 4. The van der Waals surface area contributed by atoms with Gasteiger partial charge in [-0.25, -0.2) is 9.98 Å². The van der Waals surface area contributed by atoms with Crippen LogP contribution in [0.5, 0.6) is 0 Å². The van der Waals surface area contributed by atoms with Crippen molar-refractivity contribution in [3.05, 3.63) is 51.0 Å². The third kappa shape index (κ3) is 6.03. The number of aryl methyl sites for hydroxylation is 2. The number of aromatic nitrogens is 1. The third-order valence-electron chi connectivity index (χ3n) is 5.07. The molecule has 2 N–H and O–H groups in total. The van der Waals surface area contributed by atoms with Crippen molar-refractivity contribution in [2.45, 2.75) is 53.1 Å². The van der Waals surface area contributed by atoms with E-state index >= 15 is 0 Å². The zero-order valence-corrected chi connectivity index (χ0v) is 18.4. The molecular formula is C22H31N5OS. The molecule has 0 radical (unpaired) electrons. The molecule has 0 aliphatic carbocycles. The number of carbonyl (C=O) groups excluding carboxylic acids is 1. The zero-order chi connectivity index (χ0) is 20.6. The van der Waals surface area contributed by atoms with Gasteiger partial charge in [-0.1, -0.05) is 24.3 Å². The minimum absolute atomic E-state index is 0.235. The molecule has 0 bridgehead atoms. The molecule has 1 aliphatic rings. The molecule has 3 rings (SSSR count). The molecule has 0 fully saturated rings. The smallest absolute Gasteiger partial charge is 0.222 e. The summed E-state index contributed by atoms with van der Waals surface area (Å²) < 4.78 is 0. The number of aliphatic imine (C=N–C) groups is 1. The zero-order valence-electron chi connectivity index (χ0n) is 17.6. The number of fused-ring (bicyclic) bond motifs is 1. The molecule has 0 saturated heterocycles. The number of carbonyl (C=O) groups is 1. The minimum Gasteiger partial charge on any atom is -0.357 e. The highest BCUT2D eigenvalue weighted by atomic mass is 32.1. The van der Waals surface area contributed by atoms with Gasteiger partial charge in [0, 0.05) is 37.5 Å². The Kier molecular flexibility index (Phi) is 7.63. The van der Waals surface area contributed by atoms with Crippen LogP contribution in [0.2, 0.25) is 0 Å². The number of rotatable bonds is 7. The Morgan fingerprint density at radius 3 is 2.76 bits per heavy atom. The fourth-order valence-corrected chi connectivity index (χ4v) is 4.39. The van der Waals surface area contributed by atoms with E-state index in [-0.39, 0.29) is 5.91 Å². The summed E-state index contributed by atoms with van der Waals surface area (Å²) in [6, 6.07) is 8.41. The van der Waals surface area contributed by atoms with Crippen LogP contribution in [0, 0.1) is 13.8 Å². The fraction of sp³-hybridized carbons (Fsp3) is 0.500. The molecule has 1 amide bonds. The highest BCUT2D eigenvalue weighted by Gasteiger charge is 2.19. The first-order valence-corrected chi connectivity index (χ1v) is 11.2. The van der Waals surface area contributed by atoms with Crippen LogP contribution in [0.4, 0.5) is 0 Å². The van der Waals surface area contributed by atoms with E-state index < -0.39 is 0 Å². The van der Waals surface area contributed by atoms with Gasteiger partial charge >= 0.3 is 0 Å². The molecule has 2 heterocycles. The lowest BCUT2D eigenvalue weighted by molar-refractivity contribution is -0.132. The van der Waals surface area contributed by atoms with Gasteiger partial charge in [0.25, 0.3) is 0 Å². The maximum Gasteiger partial charge on any atom is 0.222 e. The van der Waals surface area contributed by atoms with Crippen LogP contribution in [0.25, 0.3) is 0 Å². The van der Waals surface area contributed by atoms with E-state index in [0.29, 0.717) is 13.0 Å². The van der Waals surface area contributed by atoms with Crippen molar-refractivity contribution < 1.29 is 4.79 Å². The van der Waals surface area contributed by atoms with Gasteiger partial charge in [-0.05, 0) is 44.7 Å². The maximum absolute atomic E-state index is 12.6. The van der Waals surface area contributed by atoms with Crippen LogP contribution in [0.3, 0.4) is 0 Å². The first-order valence-electron chi connectivity index (χ1n) is 10.4. The van der Waals surface area contributed by atoms with Crippen LogP contribution in [-0.4, -0.2) is 41.4 Å². The van der Waals surface area contributed by atoms with E-state index in [2.05, 4.69) is 45.7 Å². The first-order chi connectivity index (χ1) is 14.1. The lowest BCUT2D eigenvalue weighted by atomic mass is 9.99. The molecule has 6 nitrogen and oxygen atoms in total. The number of nitrogens with zero attached hydrogens (tertiary/aromatic N) is 3. The van der Waals surface area contributed by atoms with Gasteiger partial charge in [-0.15, -0.1) is 11.3 Å². The molecule has 2 aromatic rings. The van der Waals surface area contributed by atoms with Crippen molar-refractivity contribution in [2.75, 3.05) is 19.6 Å². The van der Waals surface area contributed by atoms with Gasteiger partial charge in [0.2, 0.25) is 5.91 Å². The summed E-state index contributed by atoms with van der Waals surface area (Å²) in [6.45, 7) is 9.81. The first kappa shape index (κ1) is 21.3. The second kappa shape index (κ2) is 10.4. The van der Waals surface area contributed by atoms with Crippen molar-refractivity contribution in [2.24, 2.45) is 4.99 Å². The molecule has 0 saturated carbocycles. The Morgan fingerprint density at radius 1 is 1.24 bits per heavy atom. The molecule has 29 heavy (non-hydrogen) atoms. The predicted octanol–water partition coefficient (Wildman–Crippen LogP) is 3.18. The average Bonchev–Trinajstić information content (AvgIpc) is 3.05. The highest BCUT2D eigenvalue weighted by molar-refractivity contribution is 7.11. The lowest BCUT2D eigenvalue weighted by Crippen LogP contribution is -2.39. The summed E-state index contributed by atoms with van der Waals surface area (Å²) >= 11 is 1.69. The largest absolute Gasteiger partial charge is 0.357 e. The molecule has 1 aromatic carbocycles. The van der Waals surface area contributed by atoms with E-state index in [0.717, 1.165) is 55.7 Å². The van der Waals surface area contributed by atoms with Gasteiger partial charge < -0.3 is 15.5 Å². The lowest BCUT2D eigenvalue weighted by Gasteiger charge is -2.29. The predicted molar refractivity (Wildman–Crippen MR) is 119 cm³/mol. The molecule has 0 unspecified atom stereocenters. The summed E-state index contributed by atoms with van der Waals surface area (Å²) in [5, 5.41) is 7.69. The fourth-order valence-electron chi connectivity index (χ4n) is 3.53. The molecular weight excluding hydrogens is 382 g/mol. The maximum atomic E-state index is 12.6. The summed E-state index contributed by atoms with van der Waals surface area (Å²) in [5.41, 5.74) is 3.71. The van der Waals surface area contributed by atoms with Crippen LogP contribution in [-0.2, 0) is 24.3 Å². The monoisotopic (exact) mass is 413 g/mol. The van der Waals surface area contributed by atoms with Crippen molar-refractivity contribution in [1.29, 1.82) is 0 Å². The summed E-state index contributed by atoms with van der Waals surface area (Å²) in [4.78, 5) is 24.9. The number of amides is 1. The van der Waals surface area contributed by atoms with E-state index in [9.17, 15) is 4.79 Å². The van der Waals surface area contributed by atoms with Crippen LogP contribution in [0.1, 0.15) is 46.5 Å². The second-order valence-corrected chi connectivity index (χ2v) is 8.59. The minimum atomic E-state index is 0.235. The van der Waals surface area contributed by atoms with E-state index in [4.69, 9.17) is 0 Å². The van der Waals surface area contributed by atoms with Crippen molar-refractivity contribution in [3.63, 3.8) is 0 Å². The SMILES string of the molecule is CCNC(=NCc1sc(C)nc1C)NCCCC(=O)N1CCc2ccccc2C1. The number of thiazole rings is 1. The number of benzene rings is 1. The molecule has 1 aliphatic heterocycles. The Balaban J connectivity index is 1.43. The molecule has 0 atom stereocenters. The number of nitrogens with one attached hydrogen (secondary N) is 2. The number of guanidine groups is 1. The van der Waals surface area contributed by atoms with Crippen LogP contribution < -0.4 is 10.6 Å². The van der Waals surface area contributed by atoms with Crippen molar-refractivity contribution in [1.82, 2.24) is 20.5 Å². The van der Waals surface area contributed by atoms with Crippen molar-refractivity contribution in [3.8, 4) is 0 Å². The normalized spacial score (nSPS) is 13.9. The van der Waals surface area contributed by atoms with E-state index in [1.54, 1.807) is 11.3 Å². The quantitative estimate of drug-likeness (QED) is 0.416. The standard InChI is InChI=1S/C22H31N5OS/c1-4-23-22(25-14-20-16(2)26-17(3)29-20)24-12-7-10-21(28)27-13-11-18-8-5-6-9-19(18)15-27/h5-6,8-9H,4,7,10-15H2,1-3H3,(H2,23,24,25). The van der Waals surface area contributed by atoms with Gasteiger partial charge in [-0.3, -0.25) is 4.79 Å². The van der Waals surface area contributed by atoms with Gasteiger partial charge in [0.15, 0.2) is 5.96 Å². The van der Waals surface area contributed by atoms with Crippen LogP contribution in [0.15, 0.2) is 29.3 Å². The molecule has 7 heteroatoms. The van der Waals surface area contributed by atoms with Gasteiger partial charge in [0.05, 0.1) is 17.2 Å². The molecule has 1 aromatic heterocycles.